The van der Waals surface area contributed by atoms with Crippen LogP contribution < -0.4 is 0 Å². The fraction of sp³-hybridized carbons (Fsp3) is 0.154. The van der Waals surface area contributed by atoms with E-state index in [4.69, 9.17) is 0 Å². The third-order valence-electron chi connectivity index (χ3n) is 2.94. The Labute approximate surface area is 115 Å². The molecule has 0 fully saturated rings. The number of aromatic nitrogens is 2. The molecule has 0 unspecified atom stereocenters. The Hall–Kier alpha value is -1.66. The molecule has 0 radical (unpaired) electrons. The van der Waals surface area contributed by atoms with Crippen molar-refractivity contribution in [3.8, 4) is 5.00 Å². The molecule has 0 aliphatic carbocycles. The van der Waals surface area contributed by atoms with Crippen LogP contribution in [0.4, 0.5) is 0 Å². The van der Waals surface area contributed by atoms with Crippen LogP contribution in [0, 0.1) is 0 Å². The number of hydrogen-bond acceptors (Lipinski definition) is 4. The molecule has 98 valence electrons. The van der Waals surface area contributed by atoms with E-state index >= 15 is 0 Å². The average Bonchev–Trinajstić information content (AvgIpc) is 3.05. The van der Waals surface area contributed by atoms with Crippen LogP contribution in [0.5, 0.6) is 0 Å². The Balaban J connectivity index is 2.13. The number of imidazole rings is 1. The quantitative estimate of drug-likeness (QED) is 0.746. The second kappa shape index (κ2) is 4.47. The maximum absolute atomic E-state index is 11.8. The van der Waals surface area contributed by atoms with Crippen LogP contribution in [0.3, 0.4) is 0 Å². The van der Waals surface area contributed by atoms with E-state index in [0.717, 1.165) is 16.0 Å². The minimum Gasteiger partial charge on any atom is -0.290 e. The minimum atomic E-state index is -3.14. The zero-order valence-corrected chi connectivity index (χ0v) is 11.9. The Morgan fingerprint density at radius 2 is 2.00 bits per heavy atom. The maximum Gasteiger partial charge on any atom is 0.187 e. The molecule has 0 aliphatic heterocycles. The fourth-order valence-corrected chi connectivity index (χ4v) is 4.28. The van der Waals surface area contributed by atoms with Crippen LogP contribution in [0.1, 0.15) is 6.92 Å². The first-order valence-electron chi connectivity index (χ1n) is 5.87. The predicted octanol–water partition coefficient (Wildman–Crippen LogP) is 2.88. The van der Waals surface area contributed by atoms with E-state index in [1.54, 1.807) is 19.3 Å². The van der Waals surface area contributed by atoms with Gasteiger partial charge in [0.25, 0.3) is 0 Å². The molecule has 0 N–H and O–H groups in total. The van der Waals surface area contributed by atoms with Gasteiger partial charge in [-0.15, -0.1) is 11.3 Å². The van der Waals surface area contributed by atoms with Crippen LogP contribution in [-0.4, -0.2) is 23.7 Å². The summed E-state index contributed by atoms with van der Waals surface area (Å²) >= 11 is 1.27. The molecule has 2 aromatic heterocycles. The van der Waals surface area contributed by atoms with Crippen molar-refractivity contribution in [2.45, 2.75) is 11.1 Å². The molecule has 0 aliphatic rings. The molecule has 0 saturated carbocycles. The van der Waals surface area contributed by atoms with Crippen molar-refractivity contribution in [1.29, 1.82) is 0 Å². The number of hydrogen-bond donors (Lipinski definition) is 0. The Morgan fingerprint density at radius 1 is 1.21 bits per heavy atom. The molecular weight excluding hydrogens is 280 g/mol. The molecule has 0 saturated heterocycles. The summed E-state index contributed by atoms with van der Waals surface area (Å²) in [6, 6.07) is 11.3. The number of nitrogens with zero attached hydrogens (tertiary/aromatic N) is 2. The summed E-state index contributed by atoms with van der Waals surface area (Å²) in [7, 11) is -3.14. The largest absolute Gasteiger partial charge is 0.290 e. The molecular formula is C13H12N2O2S2. The van der Waals surface area contributed by atoms with E-state index in [1.807, 2.05) is 34.9 Å². The van der Waals surface area contributed by atoms with Crippen LogP contribution >= 0.6 is 11.3 Å². The second-order valence-corrected chi connectivity index (χ2v) is 7.67. The number of thiophene rings is 1. The van der Waals surface area contributed by atoms with Crippen LogP contribution in [-0.2, 0) is 9.84 Å². The van der Waals surface area contributed by atoms with Gasteiger partial charge < -0.3 is 0 Å². The highest BCUT2D eigenvalue weighted by Crippen LogP contribution is 2.28. The lowest BCUT2D eigenvalue weighted by molar-refractivity contribution is 0.599. The highest BCUT2D eigenvalue weighted by Gasteiger charge is 2.15. The molecule has 0 bridgehead atoms. The third kappa shape index (κ3) is 2.06. The van der Waals surface area contributed by atoms with Crippen molar-refractivity contribution in [3.63, 3.8) is 0 Å². The van der Waals surface area contributed by atoms with Gasteiger partial charge >= 0.3 is 0 Å². The second-order valence-electron chi connectivity index (χ2n) is 4.10. The molecule has 4 nitrogen and oxygen atoms in total. The molecule has 3 aromatic rings. The van der Waals surface area contributed by atoms with Crippen molar-refractivity contribution in [3.05, 3.63) is 42.7 Å². The van der Waals surface area contributed by atoms with Gasteiger partial charge in [-0.1, -0.05) is 19.1 Å². The molecule has 6 heteroatoms. The summed E-state index contributed by atoms with van der Waals surface area (Å²) in [5.74, 6) is 0.123. The first kappa shape index (κ1) is 12.4. The van der Waals surface area contributed by atoms with E-state index in [-0.39, 0.29) is 5.75 Å². The number of para-hydroxylation sites is 2. The maximum atomic E-state index is 11.8. The smallest absolute Gasteiger partial charge is 0.187 e. The normalized spacial score (nSPS) is 12.1. The van der Waals surface area contributed by atoms with Gasteiger partial charge in [-0.05, 0) is 24.3 Å². The molecule has 2 heterocycles. The van der Waals surface area contributed by atoms with Crippen molar-refractivity contribution >= 4 is 32.2 Å². The lowest BCUT2D eigenvalue weighted by atomic mass is 10.3. The summed E-state index contributed by atoms with van der Waals surface area (Å²) in [4.78, 5) is 4.31. The van der Waals surface area contributed by atoms with Gasteiger partial charge in [0, 0.05) is 0 Å². The van der Waals surface area contributed by atoms with Gasteiger partial charge in [0.2, 0.25) is 0 Å². The number of rotatable bonds is 3. The van der Waals surface area contributed by atoms with Gasteiger partial charge in [0.15, 0.2) is 9.84 Å². The third-order valence-corrected chi connectivity index (χ3v) is 6.34. The molecule has 0 amide bonds. The van der Waals surface area contributed by atoms with E-state index in [9.17, 15) is 8.42 Å². The van der Waals surface area contributed by atoms with Crippen LogP contribution in [0.15, 0.2) is 46.9 Å². The van der Waals surface area contributed by atoms with E-state index < -0.39 is 9.84 Å². The highest BCUT2D eigenvalue weighted by atomic mass is 32.2. The Bertz CT molecular complexity index is 831. The van der Waals surface area contributed by atoms with Gasteiger partial charge in [-0.3, -0.25) is 4.57 Å². The van der Waals surface area contributed by atoms with E-state index in [1.165, 1.54) is 11.3 Å². The van der Waals surface area contributed by atoms with Crippen molar-refractivity contribution in [1.82, 2.24) is 9.55 Å². The van der Waals surface area contributed by atoms with Crippen LogP contribution in [0.2, 0.25) is 0 Å². The standard InChI is InChI=1S/C13H12N2O2S2/c1-2-19(16,17)13-8-7-12(18-13)15-9-14-10-5-3-4-6-11(10)15/h3-9H,2H2,1H3. The van der Waals surface area contributed by atoms with E-state index in [0.29, 0.717) is 4.21 Å². The van der Waals surface area contributed by atoms with Crippen molar-refractivity contribution < 1.29 is 8.42 Å². The van der Waals surface area contributed by atoms with Crippen molar-refractivity contribution in [2.75, 3.05) is 5.75 Å². The Morgan fingerprint density at radius 3 is 2.79 bits per heavy atom. The zero-order valence-electron chi connectivity index (χ0n) is 10.3. The Kier molecular flexibility index (Phi) is 2.91. The fourth-order valence-electron chi connectivity index (χ4n) is 1.88. The SMILES string of the molecule is CCS(=O)(=O)c1ccc(-n2cnc3ccccc32)s1. The molecule has 0 spiro atoms. The van der Waals surface area contributed by atoms with Gasteiger partial charge in [0.05, 0.1) is 16.8 Å². The molecule has 0 atom stereocenters. The zero-order chi connectivity index (χ0) is 13.5. The molecule has 19 heavy (non-hydrogen) atoms. The monoisotopic (exact) mass is 292 g/mol. The highest BCUT2D eigenvalue weighted by molar-refractivity contribution is 7.93. The van der Waals surface area contributed by atoms with Gasteiger partial charge in [-0.25, -0.2) is 13.4 Å². The molecule has 1 aromatic carbocycles. The minimum absolute atomic E-state index is 0.123. The van der Waals surface area contributed by atoms with E-state index in [2.05, 4.69) is 4.98 Å². The summed E-state index contributed by atoms with van der Waals surface area (Å²) in [6.45, 7) is 1.65. The number of sulfone groups is 1. The number of benzene rings is 1. The van der Waals surface area contributed by atoms with Crippen LogP contribution in [0.25, 0.3) is 16.0 Å². The van der Waals surface area contributed by atoms with Gasteiger partial charge in [-0.2, -0.15) is 0 Å². The lowest BCUT2D eigenvalue weighted by Gasteiger charge is -1.99. The molecule has 3 rings (SSSR count). The summed E-state index contributed by atoms with van der Waals surface area (Å²) in [5.41, 5.74) is 1.88. The predicted molar refractivity (Wildman–Crippen MR) is 76.7 cm³/mol. The first-order chi connectivity index (χ1) is 9.12. The van der Waals surface area contributed by atoms with Gasteiger partial charge in [0.1, 0.15) is 15.5 Å². The van der Waals surface area contributed by atoms with Crippen molar-refractivity contribution in [2.24, 2.45) is 0 Å². The average molecular weight is 292 g/mol. The summed E-state index contributed by atoms with van der Waals surface area (Å²) in [5, 5.41) is 0.862. The topological polar surface area (TPSA) is 52.0 Å². The summed E-state index contributed by atoms with van der Waals surface area (Å²) < 4.78 is 26.0. The first-order valence-corrected chi connectivity index (χ1v) is 8.34. The number of fused-ring (bicyclic) bond motifs is 1. The lowest BCUT2D eigenvalue weighted by Crippen LogP contribution is -2.00. The summed E-state index contributed by atoms with van der Waals surface area (Å²) in [6.07, 6.45) is 1.72.